The number of hydrogen-bond acceptors (Lipinski definition) is 5. The van der Waals surface area contributed by atoms with Crippen molar-refractivity contribution in [2.24, 2.45) is 5.10 Å². The molecule has 7 nitrogen and oxygen atoms in total. The van der Waals surface area contributed by atoms with E-state index < -0.39 is 0 Å². The first-order valence-corrected chi connectivity index (χ1v) is 6.98. The van der Waals surface area contributed by atoms with Gasteiger partial charge in [-0.1, -0.05) is 0 Å². The maximum atomic E-state index is 12.1. The number of nitrogens with zero attached hydrogens (tertiary/aromatic N) is 2. The number of amides is 2. The number of methoxy groups -OCH3 is 1. The molecule has 2 amide bonds. The van der Waals surface area contributed by atoms with Crippen LogP contribution < -0.4 is 14.9 Å². The Morgan fingerprint density at radius 1 is 1.27 bits per heavy atom. The molecule has 0 atom stereocenters. The fourth-order valence-electron chi connectivity index (χ4n) is 1.92. The molecule has 0 saturated heterocycles. The van der Waals surface area contributed by atoms with E-state index in [1.807, 2.05) is 12.1 Å². The molecule has 1 N–H and O–H groups in total. The second-order valence-electron chi connectivity index (χ2n) is 4.84. The van der Waals surface area contributed by atoms with Crippen molar-refractivity contribution in [1.82, 2.24) is 10.3 Å². The Balaban J connectivity index is 1.78. The highest BCUT2D eigenvalue weighted by atomic mass is 16.5. The fourth-order valence-corrected chi connectivity index (χ4v) is 1.92. The molecule has 0 aliphatic carbocycles. The largest absolute Gasteiger partial charge is 0.497 e. The van der Waals surface area contributed by atoms with Gasteiger partial charge in [0.05, 0.1) is 13.7 Å². The first kappa shape index (κ1) is 15.8. The number of rotatable bonds is 6. The van der Waals surface area contributed by atoms with E-state index in [2.05, 4.69) is 10.5 Å². The lowest BCUT2D eigenvalue weighted by Gasteiger charge is -2.20. The fraction of sp³-hybridized carbons (Fsp3) is 0.400. The molecule has 0 unspecified atom stereocenters. The van der Waals surface area contributed by atoms with Gasteiger partial charge in [-0.2, -0.15) is 5.10 Å². The van der Waals surface area contributed by atoms with E-state index in [1.165, 1.54) is 4.90 Å². The van der Waals surface area contributed by atoms with E-state index in [9.17, 15) is 9.59 Å². The molecule has 22 heavy (non-hydrogen) atoms. The van der Waals surface area contributed by atoms with Gasteiger partial charge in [-0.3, -0.25) is 9.59 Å². The molecular weight excluding hydrogens is 286 g/mol. The van der Waals surface area contributed by atoms with E-state index in [0.717, 1.165) is 5.75 Å². The molecule has 0 bridgehead atoms. The first-order valence-electron chi connectivity index (χ1n) is 6.98. The Hall–Kier alpha value is -2.57. The summed E-state index contributed by atoms with van der Waals surface area (Å²) in [5, 5.41) is 3.79. The van der Waals surface area contributed by atoms with E-state index >= 15 is 0 Å². The minimum absolute atomic E-state index is 0.165. The van der Waals surface area contributed by atoms with E-state index in [4.69, 9.17) is 9.47 Å². The number of hydrogen-bond donors (Lipinski definition) is 1. The van der Waals surface area contributed by atoms with Crippen LogP contribution in [-0.4, -0.2) is 49.7 Å². The van der Waals surface area contributed by atoms with E-state index in [1.54, 1.807) is 26.3 Å². The molecule has 118 valence electrons. The standard InChI is InChI=1S/C15H19N3O4/c1-18(15(20)13-7-8-14(19)17-16-13)9-10-22-12-5-3-11(21-2)4-6-12/h3-6H,7-10H2,1-2H3,(H,17,19). The van der Waals surface area contributed by atoms with Crippen molar-refractivity contribution >= 4 is 17.5 Å². The predicted octanol–water partition coefficient (Wildman–Crippen LogP) is 0.798. The van der Waals surface area contributed by atoms with Crippen LogP contribution in [-0.2, 0) is 9.59 Å². The van der Waals surface area contributed by atoms with Crippen LogP contribution in [0.15, 0.2) is 29.4 Å². The molecule has 0 aromatic heterocycles. The predicted molar refractivity (Wildman–Crippen MR) is 80.9 cm³/mol. The molecule has 0 fully saturated rings. The lowest BCUT2D eigenvalue weighted by Crippen LogP contribution is -2.39. The molecule has 0 radical (unpaired) electrons. The van der Waals surface area contributed by atoms with Gasteiger partial charge < -0.3 is 14.4 Å². The highest BCUT2D eigenvalue weighted by Gasteiger charge is 2.21. The van der Waals surface area contributed by atoms with Crippen molar-refractivity contribution in [3.8, 4) is 11.5 Å². The summed E-state index contributed by atoms with van der Waals surface area (Å²) < 4.78 is 10.6. The zero-order valence-electron chi connectivity index (χ0n) is 12.7. The Morgan fingerprint density at radius 2 is 1.95 bits per heavy atom. The molecule has 1 aromatic carbocycles. The molecule has 1 aliphatic rings. The van der Waals surface area contributed by atoms with Crippen LogP contribution in [0.2, 0.25) is 0 Å². The van der Waals surface area contributed by atoms with Gasteiger partial charge in [0.1, 0.15) is 23.8 Å². The third-order valence-electron chi connectivity index (χ3n) is 3.25. The molecular formula is C15H19N3O4. The summed E-state index contributed by atoms with van der Waals surface area (Å²) in [5.41, 5.74) is 2.69. The zero-order chi connectivity index (χ0) is 15.9. The summed E-state index contributed by atoms with van der Waals surface area (Å²) in [7, 11) is 3.28. The Labute approximate surface area is 128 Å². The molecule has 1 aliphatic heterocycles. The summed E-state index contributed by atoms with van der Waals surface area (Å²) in [6.45, 7) is 0.798. The van der Waals surface area contributed by atoms with Crippen molar-refractivity contribution in [3.05, 3.63) is 24.3 Å². The van der Waals surface area contributed by atoms with Crippen molar-refractivity contribution in [1.29, 1.82) is 0 Å². The van der Waals surface area contributed by atoms with Gasteiger partial charge >= 0.3 is 0 Å². The summed E-state index contributed by atoms with van der Waals surface area (Å²) in [4.78, 5) is 24.6. The zero-order valence-corrected chi connectivity index (χ0v) is 12.7. The van der Waals surface area contributed by atoms with Gasteiger partial charge in [-0.05, 0) is 24.3 Å². The van der Waals surface area contributed by atoms with E-state index in [0.29, 0.717) is 37.5 Å². The topological polar surface area (TPSA) is 80.2 Å². The van der Waals surface area contributed by atoms with Gasteiger partial charge in [0.15, 0.2) is 0 Å². The highest BCUT2D eigenvalue weighted by Crippen LogP contribution is 2.16. The molecule has 2 rings (SSSR count). The molecule has 1 heterocycles. The van der Waals surface area contributed by atoms with Crippen LogP contribution in [0, 0.1) is 0 Å². The smallest absolute Gasteiger partial charge is 0.269 e. The van der Waals surface area contributed by atoms with Crippen LogP contribution >= 0.6 is 0 Å². The third kappa shape index (κ3) is 4.21. The Kier molecular flexibility index (Phi) is 5.35. The molecule has 1 aromatic rings. The summed E-state index contributed by atoms with van der Waals surface area (Å²) in [6.07, 6.45) is 0.662. The van der Waals surface area contributed by atoms with Crippen LogP contribution in [0.5, 0.6) is 11.5 Å². The van der Waals surface area contributed by atoms with Crippen LogP contribution in [0.3, 0.4) is 0 Å². The molecule has 7 heteroatoms. The Bertz CT molecular complexity index is 569. The lowest BCUT2D eigenvalue weighted by atomic mass is 10.1. The molecule has 0 saturated carbocycles. The second kappa shape index (κ2) is 7.44. The summed E-state index contributed by atoms with van der Waals surface area (Å²) in [6, 6.07) is 7.23. The maximum Gasteiger partial charge on any atom is 0.269 e. The van der Waals surface area contributed by atoms with Crippen molar-refractivity contribution < 1.29 is 19.1 Å². The Morgan fingerprint density at radius 3 is 2.55 bits per heavy atom. The van der Waals surface area contributed by atoms with Crippen molar-refractivity contribution in [2.45, 2.75) is 12.8 Å². The highest BCUT2D eigenvalue weighted by molar-refractivity contribution is 6.39. The minimum atomic E-state index is -0.196. The van der Waals surface area contributed by atoms with Crippen LogP contribution in [0.25, 0.3) is 0 Å². The first-order chi connectivity index (χ1) is 10.6. The number of benzene rings is 1. The third-order valence-corrected chi connectivity index (χ3v) is 3.25. The normalized spacial score (nSPS) is 13.9. The number of carbonyl (C=O) groups excluding carboxylic acids is 2. The number of likely N-dealkylation sites (N-methyl/N-ethyl adjacent to an activating group) is 1. The molecule has 0 spiro atoms. The van der Waals surface area contributed by atoms with Crippen LogP contribution in [0.4, 0.5) is 0 Å². The SMILES string of the molecule is COc1ccc(OCCN(C)C(=O)C2=NNC(=O)CC2)cc1. The van der Waals surface area contributed by atoms with Gasteiger partial charge in [-0.15, -0.1) is 0 Å². The monoisotopic (exact) mass is 305 g/mol. The van der Waals surface area contributed by atoms with Gasteiger partial charge in [-0.25, -0.2) is 5.43 Å². The number of ether oxygens (including phenoxy) is 2. The maximum absolute atomic E-state index is 12.1. The second-order valence-corrected chi connectivity index (χ2v) is 4.84. The van der Waals surface area contributed by atoms with Gasteiger partial charge in [0, 0.05) is 19.9 Å². The number of carbonyl (C=O) groups is 2. The summed E-state index contributed by atoms with van der Waals surface area (Å²) in [5.74, 6) is 1.11. The lowest BCUT2D eigenvalue weighted by molar-refractivity contribution is -0.123. The van der Waals surface area contributed by atoms with Crippen LogP contribution in [0.1, 0.15) is 12.8 Å². The average Bonchev–Trinajstić information content (AvgIpc) is 2.55. The minimum Gasteiger partial charge on any atom is -0.497 e. The van der Waals surface area contributed by atoms with E-state index in [-0.39, 0.29) is 11.8 Å². The number of hydrazone groups is 1. The van der Waals surface area contributed by atoms with Gasteiger partial charge in [0.25, 0.3) is 5.91 Å². The van der Waals surface area contributed by atoms with Gasteiger partial charge in [0.2, 0.25) is 5.91 Å². The average molecular weight is 305 g/mol. The number of nitrogens with one attached hydrogen (secondary N) is 1. The van der Waals surface area contributed by atoms with Crippen molar-refractivity contribution in [2.75, 3.05) is 27.3 Å². The quantitative estimate of drug-likeness (QED) is 0.843. The summed E-state index contributed by atoms with van der Waals surface area (Å²) >= 11 is 0. The van der Waals surface area contributed by atoms with Crippen molar-refractivity contribution in [3.63, 3.8) is 0 Å².